The molecule has 11 heteroatoms. The lowest BCUT2D eigenvalue weighted by atomic mass is 10.0. The molecular formula is C27H30ClF2N7O. The van der Waals surface area contributed by atoms with Gasteiger partial charge in [-0.3, -0.25) is 4.52 Å². The maximum absolute atomic E-state index is 14.6. The predicted octanol–water partition coefficient (Wildman–Crippen LogP) is 4.99. The van der Waals surface area contributed by atoms with E-state index in [2.05, 4.69) is 27.4 Å². The monoisotopic (exact) mass is 541 g/mol. The van der Waals surface area contributed by atoms with E-state index >= 15 is 0 Å². The molecule has 0 spiro atoms. The van der Waals surface area contributed by atoms with Crippen LogP contribution in [0.4, 0.5) is 25.0 Å². The smallest absolute Gasteiger partial charge is 0.322 e. The second-order valence-electron chi connectivity index (χ2n) is 9.75. The highest BCUT2D eigenvalue weighted by Crippen LogP contribution is 2.38. The normalized spacial score (nSPS) is 19.6. The zero-order valence-corrected chi connectivity index (χ0v) is 21.8. The maximum Gasteiger partial charge on any atom is 0.322 e. The summed E-state index contributed by atoms with van der Waals surface area (Å²) in [5, 5.41) is 6.38. The number of benzene rings is 1. The largest absolute Gasteiger partial charge is 0.363 e. The van der Waals surface area contributed by atoms with Gasteiger partial charge in [-0.05, 0) is 62.2 Å². The Labute approximate surface area is 225 Å². The van der Waals surface area contributed by atoms with Crippen LogP contribution in [0.3, 0.4) is 0 Å². The molecule has 2 atom stereocenters. The van der Waals surface area contributed by atoms with Crippen LogP contribution < -0.4 is 15.5 Å². The van der Waals surface area contributed by atoms with Crippen molar-refractivity contribution in [1.29, 1.82) is 0 Å². The lowest BCUT2D eigenvalue weighted by Crippen LogP contribution is -2.52. The number of urea groups is 1. The van der Waals surface area contributed by atoms with Crippen molar-refractivity contribution in [3.63, 3.8) is 0 Å². The summed E-state index contributed by atoms with van der Waals surface area (Å²) in [7, 11) is 0. The van der Waals surface area contributed by atoms with Crippen LogP contribution in [-0.2, 0) is 0 Å². The van der Waals surface area contributed by atoms with Gasteiger partial charge in [0.2, 0.25) is 0 Å². The van der Waals surface area contributed by atoms with Gasteiger partial charge in [-0.2, -0.15) is 0 Å². The first-order chi connectivity index (χ1) is 18.0. The average Bonchev–Trinajstić information content (AvgIpc) is 3.62. The van der Waals surface area contributed by atoms with Crippen molar-refractivity contribution in [3.05, 3.63) is 78.3 Å². The molecule has 38 heavy (non-hydrogen) atoms. The topological polar surface area (TPSA) is 69.8 Å². The van der Waals surface area contributed by atoms with Gasteiger partial charge in [0, 0.05) is 50.2 Å². The molecule has 8 nitrogen and oxygen atoms in total. The summed E-state index contributed by atoms with van der Waals surface area (Å²) in [4.78, 5) is 21.5. The molecule has 6 rings (SSSR count). The Morgan fingerprint density at radius 3 is 2.87 bits per heavy atom. The molecule has 2 N–H and O–H groups in total. The van der Waals surface area contributed by atoms with Gasteiger partial charge in [-0.1, -0.05) is 0 Å². The first kappa shape index (κ1) is 26.0. The van der Waals surface area contributed by atoms with Gasteiger partial charge in [0.1, 0.15) is 11.6 Å². The molecule has 2 aliphatic heterocycles. The van der Waals surface area contributed by atoms with Crippen LogP contribution in [0.15, 0.2) is 61.1 Å². The van der Waals surface area contributed by atoms with E-state index in [4.69, 9.17) is 0 Å². The predicted molar refractivity (Wildman–Crippen MR) is 146 cm³/mol. The number of amides is 2. The molecule has 0 bridgehead atoms. The molecule has 4 aromatic rings. The highest BCUT2D eigenvalue weighted by Gasteiger charge is 2.30. The number of piperazine rings is 1. The van der Waals surface area contributed by atoms with E-state index in [-0.39, 0.29) is 36.3 Å². The second-order valence-corrected chi connectivity index (χ2v) is 9.75. The Kier molecular flexibility index (Phi) is 7.27. The molecule has 2 aliphatic rings. The number of nitrogens with zero attached hydrogens (tertiary/aromatic N) is 5. The number of hydrogen-bond acceptors (Lipinski definition) is 4. The lowest BCUT2D eigenvalue weighted by Gasteiger charge is -2.32. The zero-order chi connectivity index (χ0) is 25.5. The molecule has 0 aliphatic carbocycles. The fourth-order valence-corrected chi connectivity index (χ4v) is 5.47. The number of nitrogens with one attached hydrogen (secondary N) is 2. The third-order valence-corrected chi connectivity index (χ3v) is 7.24. The number of carbonyl (C=O) groups excluding carboxylic acids is 1. The quantitative estimate of drug-likeness (QED) is 0.382. The van der Waals surface area contributed by atoms with Gasteiger partial charge in [-0.25, -0.2) is 23.2 Å². The van der Waals surface area contributed by atoms with Crippen molar-refractivity contribution in [1.82, 2.24) is 24.4 Å². The first-order valence-electron chi connectivity index (χ1n) is 12.6. The summed E-state index contributed by atoms with van der Waals surface area (Å²) in [6.45, 7) is 4.85. The number of pyridine rings is 1. The van der Waals surface area contributed by atoms with Crippen molar-refractivity contribution >= 4 is 35.3 Å². The van der Waals surface area contributed by atoms with Crippen LogP contribution in [0.2, 0.25) is 0 Å². The molecule has 1 aromatic carbocycles. The number of anilines is 2. The van der Waals surface area contributed by atoms with Crippen LogP contribution in [0.5, 0.6) is 0 Å². The summed E-state index contributed by atoms with van der Waals surface area (Å²) in [6, 6.07) is 11.1. The highest BCUT2D eigenvalue weighted by molar-refractivity contribution is 5.91. The van der Waals surface area contributed by atoms with Gasteiger partial charge in [0.15, 0.2) is 5.82 Å². The molecule has 0 unspecified atom stereocenters. The van der Waals surface area contributed by atoms with E-state index < -0.39 is 5.82 Å². The standard InChI is InChI=1S/C27H29F2N7O.ClH/c1-18-16-33(13-10-30-18)27(37)32-24-4-2-9-31-26(24)35-12-8-20-15-21(17-36(20)35)34-11-3-5-25(34)22-14-19(28)6-7-23(22)29;/h2,4,6-9,12,14-15,17-18,25,30H,3,5,10-11,13,16H2,1H3,(H,32,37);1H/t18-,25+;/m0./s1. The average molecular weight is 542 g/mol. The Morgan fingerprint density at radius 2 is 2.03 bits per heavy atom. The number of halogens is 3. The summed E-state index contributed by atoms with van der Waals surface area (Å²) < 4.78 is 32.3. The Balaban J connectivity index is 0.00000294. The molecule has 5 heterocycles. The molecular weight excluding hydrogens is 512 g/mol. The Hall–Kier alpha value is -3.63. The molecule has 0 radical (unpaired) electrons. The summed E-state index contributed by atoms with van der Waals surface area (Å²) in [5.41, 5.74) is 2.84. The molecule has 2 fully saturated rings. The van der Waals surface area contributed by atoms with Crippen LogP contribution >= 0.6 is 12.4 Å². The summed E-state index contributed by atoms with van der Waals surface area (Å²) in [6.07, 6.45) is 7.21. The van der Waals surface area contributed by atoms with Gasteiger partial charge >= 0.3 is 6.03 Å². The van der Waals surface area contributed by atoms with E-state index in [1.165, 1.54) is 12.1 Å². The van der Waals surface area contributed by atoms with E-state index in [0.717, 1.165) is 43.2 Å². The number of carbonyl (C=O) groups is 1. The maximum atomic E-state index is 14.6. The van der Waals surface area contributed by atoms with Gasteiger partial charge in [0.25, 0.3) is 0 Å². The first-order valence-corrected chi connectivity index (χ1v) is 12.6. The molecule has 3 aromatic heterocycles. The summed E-state index contributed by atoms with van der Waals surface area (Å²) >= 11 is 0. The van der Waals surface area contributed by atoms with Gasteiger partial charge in [0.05, 0.1) is 29.1 Å². The van der Waals surface area contributed by atoms with E-state index in [1.54, 1.807) is 17.2 Å². The SMILES string of the molecule is C[C@H]1CN(C(=O)Nc2cccnc2-n2ccc3cc(N4CCC[C@@H]4c4cc(F)ccc4F)cn32)CCN1.Cl. The van der Waals surface area contributed by atoms with Crippen molar-refractivity contribution in [2.75, 3.05) is 36.4 Å². The fourth-order valence-electron chi connectivity index (χ4n) is 5.47. The minimum atomic E-state index is -0.434. The third-order valence-electron chi connectivity index (χ3n) is 7.24. The number of hydrogen-bond donors (Lipinski definition) is 2. The van der Waals surface area contributed by atoms with Crippen LogP contribution in [0, 0.1) is 11.6 Å². The molecule has 2 saturated heterocycles. The lowest BCUT2D eigenvalue weighted by molar-refractivity contribution is 0.192. The Morgan fingerprint density at radius 1 is 1.16 bits per heavy atom. The number of aromatic nitrogens is 3. The number of rotatable bonds is 4. The molecule has 200 valence electrons. The highest BCUT2D eigenvalue weighted by atomic mass is 35.5. The van der Waals surface area contributed by atoms with Crippen LogP contribution in [0.25, 0.3) is 11.3 Å². The number of fused-ring (bicyclic) bond motifs is 1. The summed E-state index contributed by atoms with van der Waals surface area (Å²) in [5.74, 6) is -0.235. The minimum absolute atomic E-state index is 0. The van der Waals surface area contributed by atoms with E-state index in [9.17, 15) is 13.6 Å². The van der Waals surface area contributed by atoms with Crippen LogP contribution in [-0.4, -0.2) is 57.3 Å². The van der Waals surface area contributed by atoms with E-state index in [0.29, 0.717) is 30.2 Å². The second kappa shape index (κ2) is 10.6. The fraction of sp³-hybridized carbons (Fsp3) is 0.333. The third kappa shape index (κ3) is 4.81. The zero-order valence-electron chi connectivity index (χ0n) is 21.0. The van der Waals surface area contributed by atoms with Crippen LogP contribution in [0.1, 0.15) is 31.4 Å². The van der Waals surface area contributed by atoms with Crippen molar-refractivity contribution in [3.8, 4) is 5.82 Å². The molecule has 2 amide bonds. The van der Waals surface area contributed by atoms with Crippen molar-refractivity contribution in [2.24, 2.45) is 0 Å². The van der Waals surface area contributed by atoms with Gasteiger partial charge < -0.3 is 20.4 Å². The van der Waals surface area contributed by atoms with Crippen molar-refractivity contribution < 1.29 is 13.6 Å². The van der Waals surface area contributed by atoms with E-state index in [1.807, 2.05) is 39.8 Å². The van der Waals surface area contributed by atoms with Crippen molar-refractivity contribution in [2.45, 2.75) is 31.8 Å². The minimum Gasteiger partial charge on any atom is -0.363 e. The molecule has 0 saturated carbocycles. The van der Waals surface area contributed by atoms with Gasteiger partial charge in [-0.15, -0.1) is 12.4 Å². The Bertz CT molecular complexity index is 1450.